The maximum absolute atomic E-state index is 3.63. The third kappa shape index (κ3) is 5.30. The van der Waals surface area contributed by atoms with Crippen molar-refractivity contribution >= 4 is 8.07 Å². The molecule has 2 aromatic rings. The standard InChI is InChI=1S/C22H28N2Si/c1-25(2,3)17-14-22-23(18-20-10-6-4-7-11-20)15-16-24(22)19-21-12-8-5-9-13-21/h4-13,22H,15-16,18-19H2,1-3H3. The van der Waals surface area contributed by atoms with Crippen molar-refractivity contribution in [3.63, 3.8) is 0 Å². The predicted octanol–water partition coefficient (Wildman–Crippen LogP) is 4.21. The van der Waals surface area contributed by atoms with Crippen molar-refractivity contribution in [2.75, 3.05) is 13.1 Å². The normalized spacial score (nSPS) is 16.6. The Labute approximate surface area is 153 Å². The largest absolute Gasteiger partial charge is 0.272 e. The minimum atomic E-state index is -1.38. The number of hydrogen-bond donors (Lipinski definition) is 0. The number of benzene rings is 2. The molecule has 0 spiro atoms. The van der Waals surface area contributed by atoms with E-state index in [4.69, 9.17) is 0 Å². The summed E-state index contributed by atoms with van der Waals surface area (Å²) >= 11 is 0. The van der Waals surface area contributed by atoms with E-state index in [9.17, 15) is 0 Å². The van der Waals surface area contributed by atoms with Gasteiger partial charge >= 0.3 is 0 Å². The van der Waals surface area contributed by atoms with Gasteiger partial charge in [0.05, 0.1) is 0 Å². The van der Waals surface area contributed by atoms with E-state index in [0.717, 1.165) is 26.2 Å². The van der Waals surface area contributed by atoms with Crippen LogP contribution in [0.5, 0.6) is 0 Å². The topological polar surface area (TPSA) is 6.48 Å². The molecule has 0 amide bonds. The zero-order valence-corrected chi connectivity index (χ0v) is 16.6. The van der Waals surface area contributed by atoms with Crippen LogP contribution in [0.15, 0.2) is 60.7 Å². The van der Waals surface area contributed by atoms with Gasteiger partial charge in [0.1, 0.15) is 14.2 Å². The van der Waals surface area contributed by atoms with E-state index in [-0.39, 0.29) is 6.17 Å². The number of rotatable bonds is 4. The first kappa shape index (κ1) is 17.9. The molecule has 2 aromatic carbocycles. The van der Waals surface area contributed by atoms with Crippen molar-refractivity contribution in [2.45, 2.75) is 38.9 Å². The van der Waals surface area contributed by atoms with Gasteiger partial charge in [0.25, 0.3) is 0 Å². The van der Waals surface area contributed by atoms with Crippen LogP contribution < -0.4 is 0 Å². The lowest BCUT2D eigenvalue weighted by atomic mass is 10.2. The van der Waals surface area contributed by atoms with Crippen molar-refractivity contribution < 1.29 is 0 Å². The van der Waals surface area contributed by atoms with Gasteiger partial charge in [-0.2, -0.15) is 0 Å². The first-order valence-electron chi connectivity index (χ1n) is 9.10. The Morgan fingerprint density at radius 1 is 0.800 bits per heavy atom. The second-order valence-electron chi connectivity index (χ2n) is 7.81. The fraction of sp³-hybridized carbons (Fsp3) is 0.364. The SMILES string of the molecule is C[Si](C)(C)C#CC1N(Cc2ccccc2)CCN1Cc1ccccc1. The predicted molar refractivity (Wildman–Crippen MR) is 109 cm³/mol. The maximum atomic E-state index is 3.63. The quantitative estimate of drug-likeness (QED) is 0.603. The summed E-state index contributed by atoms with van der Waals surface area (Å²) < 4.78 is 0. The molecule has 130 valence electrons. The molecule has 1 heterocycles. The Kier molecular flexibility index (Phi) is 5.75. The van der Waals surface area contributed by atoms with Crippen LogP contribution in [0.2, 0.25) is 19.6 Å². The molecular formula is C22H28N2Si. The van der Waals surface area contributed by atoms with Gasteiger partial charge in [-0.25, -0.2) is 0 Å². The van der Waals surface area contributed by atoms with Crippen LogP contribution in [-0.2, 0) is 13.1 Å². The van der Waals surface area contributed by atoms with E-state index in [1.54, 1.807) is 0 Å². The van der Waals surface area contributed by atoms with Crippen molar-refractivity contribution in [2.24, 2.45) is 0 Å². The van der Waals surface area contributed by atoms with Gasteiger partial charge in [0.15, 0.2) is 0 Å². The van der Waals surface area contributed by atoms with Crippen LogP contribution in [0.25, 0.3) is 0 Å². The molecule has 2 nitrogen and oxygen atoms in total. The zero-order chi connectivity index (χ0) is 17.7. The van der Waals surface area contributed by atoms with Crippen LogP contribution in [0.4, 0.5) is 0 Å². The van der Waals surface area contributed by atoms with Gasteiger partial charge in [-0.1, -0.05) is 86.2 Å². The second-order valence-corrected chi connectivity index (χ2v) is 12.6. The van der Waals surface area contributed by atoms with E-state index in [0.29, 0.717) is 0 Å². The fourth-order valence-corrected chi connectivity index (χ4v) is 3.73. The van der Waals surface area contributed by atoms with E-state index in [1.807, 2.05) is 0 Å². The molecule has 0 unspecified atom stereocenters. The van der Waals surface area contributed by atoms with E-state index in [1.165, 1.54) is 11.1 Å². The summed E-state index contributed by atoms with van der Waals surface area (Å²) in [6.45, 7) is 11.0. The molecule has 0 bridgehead atoms. The van der Waals surface area contributed by atoms with E-state index in [2.05, 4.69) is 102 Å². The highest BCUT2D eigenvalue weighted by Crippen LogP contribution is 2.20. The molecule has 25 heavy (non-hydrogen) atoms. The van der Waals surface area contributed by atoms with Crippen LogP contribution in [-0.4, -0.2) is 37.1 Å². The maximum Gasteiger partial charge on any atom is 0.129 e. The minimum absolute atomic E-state index is 0.215. The monoisotopic (exact) mass is 348 g/mol. The lowest BCUT2D eigenvalue weighted by molar-refractivity contribution is 0.175. The minimum Gasteiger partial charge on any atom is -0.272 e. The average Bonchev–Trinajstić information content (AvgIpc) is 2.96. The van der Waals surface area contributed by atoms with Crippen molar-refractivity contribution in [3.05, 3.63) is 71.8 Å². The van der Waals surface area contributed by atoms with Crippen molar-refractivity contribution in [1.82, 2.24) is 9.80 Å². The molecule has 0 N–H and O–H groups in total. The highest BCUT2D eigenvalue weighted by molar-refractivity contribution is 6.83. The van der Waals surface area contributed by atoms with Crippen LogP contribution in [0.1, 0.15) is 11.1 Å². The van der Waals surface area contributed by atoms with E-state index < -0.39 is 8.07 Å². The Morgan fingerprint density at radius 2 is 1.24 bits per heavy atom. The molecule has 0 aromatic heterocycles. The smallest absolute Gasteiger partial charge is 0.129 e. The molecule has 1 aliphatic heterocycles. The van der Waals surface area contributed by atoms with Crippen LogP contribution in [0, 0.1) is 11.5 Å². The first-order chi connectivity index (χ1) is 12.0. The van der Waals surface area contributed by atoms with Gasteiger partial charge in [-0.3, -0.25) is 9.80 Å². The molecular weight excluding hydrogens is 320 g/mol. The highest BCUT2D eigenvalue weighted by Gasteiger charge is 2.30. The molecule has 0 aliphatic carbocycles. The Hall–Kier alpha value is -1.86. The molecule has 3 rings (SSSR count). The van der Waals surface area contributed by atoms with Gasteiger partial charge in [0.2, 0.25) is 0 Å². The number of hydrogen-bond acceptors (Lipinski definition) is 2. The summed E-state index contributed by atoms with van der Waals surface area (Å²) in [5, 5.41) is 0. The highest BCUT2D eigenvalue weighted by atomic mass is 28.3. The third-order valence-electron chi connectivity index (χ3n) is 4.40. The molecule has 1 saturated heterocycles. The summed E-state index contributed by atoms with van der Waals surface area (Å²) in [6.07, 6.45) is 0.215. The Bertz CT molecular complexity index is 676. The van der Waals surface area contributed by atoms with Crippen LogP contribution in [0.3, 0.4) is 0 Å². The molecule has 3 heteroatoms. The van der Waals surface area contributed by atoms with Gasteiger partial charge in [0, 0.05) is 26.2 Å². The van der Waals surface area contributed by atoms with Crippen molar-refractivity contribution in [3.8, 4) is 11.5 Å². The fourth-order valence-electron chi connectivity index (χ4n) is 3.16. The van der Waals surface area contributed by atoms with Gasteiger partial charge < -0.3 is 0 Å². The summed E-state index contributed by atoms with van der Waals surface area (Å²) in [5.41, 5.74) is 6.33. The average molecular weight is 349 g/mol. The van der Waals surface area contributed by atoms with Gasteiger partial charge in [-0.05, 0) is 11.1 Å². The molecule has 0 radical (unpaired) electrons. The summed E-state index contributed by atoms with van der Waals surface area (Å²) in [7, 11) is -1.38. The van der Waals surface area contributed by atoms with Crippen molar-refractivity contribution in [1.29, 1.82) is 0 Å². The molecule has 1 aliphatic rings. The molecule has 1 fully saturated rings. The molecule has 0 saturated carbocycles. The Balaban J connectivity index is 1.79. The van der Waals surface area contributed by atoms with E-state index >= 15 is 0 Å². The van der Waals surface area contributed by atoms with Gasteiger partial charge in [-0.15, -0.1) is 5.54 Å². The summed E-state index contributed by atoms with van der Waals surface area (Å²) in [4.78, 5) is 5.04. The lowest BCUT2D eigenvalue weighted by Crippen LogP contribution is -2.37. The third-order valence-corrected chi connectivity index (χ3v) is 5.29. The van der Waals surface area contributed by atoms with Crippen LogP contribution >= 0.6 is 0 Å². The summed E-state index contributed by atoms with van der Waals surface area (Å²) in [6, 6.07) is 21.5. The zero-order valence-electron chi connectivity index (χ0n) is 15.6. The molecule has 0 atom stereocenters. The Morgan fingerprint density at radius 3 is 1.64 bits per heavy atom. The first-order valence-corrected chi connectivity index (χ1v) is 12.6. The number of nitrogens with zero attached hydrogens (tertiary/aromatic N) is 2. The second kappa shape index (κ2) is 8.01. The summed E-state index contributed by atoms with van der Waals surface area (Å²) in [5.74, 6) is 3.63. The lowest BCUT2D eigenvalue weighted by Gasteiger charge is -2.26.